The lowest BCUT2D eigenvalue weighted by Gasteiger charge is -2.06. The van der Waals surface area contributed by atoms with E-state index in [2.05, 4.69) is 69.0 Å². The summed E-state index contributed by atoms with van der Waals surface area (Å²) in [6.45, 7) is 8.23. The standard InChI is InChI=1S/C18H20/c1-4-15-8-10-17(11-9-15)18-7-5-6-16(13-18)12-14(2)3/h5-11,13H,2,4,12H2,1,3H3. The van der Waals surface area contributed by atoms with Crippen LogP contribution in [0.15, 0.2) is 60.7 Å². The van der Waals surface area contributed by atoms with Crippen molar-refractivity contribution in [2.45, 2.75) is 26.7 Å². The quantitative estimate of drug-likeness (QED) is 0.653. The van der Waals surface area contributed by atoms with Crippen molar-refractivity contribution in [2.24, 2.45) is 0 Å². The van der Waals surface area contributed by atoms with Crippen molar-refractivity contribution in [3.8, 4) is 11.1 Å². The van der Waals surface area contributed by atoms with Gasteiger partial charge in [-0.2, -0.15) is 0 Å². The van der Waals surface area contributed by atoms with Gasteiger partial charge in [0.2, 0.25) is 0 Å². The molecule has 0 aliphatic heterocycles. The molecule has 0 heterocycles. The van der Waals surface area contributed by atoms with E-state index in [0.717, 1.165) is 12.8 Å². The van der Waals surface area contributed by atoms with E-state index in [9.17, 15) is 0 Å². The molecule has 2 rings (SSSR count). The molecule has 2 aromatic carbocycles. The zero-order valence-electron chi connectivity index (χ0n) is 11.2. The SMILES string of the molecule is C=C(C)Cc1cccc(-c2ccc(CC)cc2)c1. The van der Waals surface area contributed by atoms with E-state index in [-0.39, 0.29) is 0 Å². The summed E-state index contributed by atoms with van der Waals surface area (Å²) >= 11 is 0. The minimum absolute atomic E-state index is 0.959. The summed E-state index contributed by atoms with van der Waals surface area (Å²) in [5, 5.41) is 0. The van der Waals surface area contributed by atoms with Crippen LogP contribution in [0.1, 0.15) is 25.0 Å². The van der Waals surface area contributed by atoms with Gasteiger partial charge in [0.1, 0.15) is 0 Å². The molecule has 0 aliphatic carbocycles. The van der Waals surface area contributed by atoms with E-state index >= 15 is 0 Å². The third-order valence-electron chi connectivity index (χ3n) is 3.13. The Labute approximate surface area is 110 Å². The van der Waals surface area contributed by atoms with E-state index < -0.39 is 0 Å². The summed E-state index contributed by atoms with van der Waals surface area (Å²) in [7, 11) is 0. The lowest BCUT2D eigenvalue weighted by atomic mass is 9.99. The Morgan fingerprint density at radius 1 is 0.944 bits per heavy atom. The second kappa shape index (κ2) is 5.68. The smallest absolute Gasteiger partial charge is 0.00724 e. The first kappa shape index (κ1) is 12.6. The largest absolute Gasteiger partial charge is 0.0998 e. The lowest BCUT2D eigenvalue weighted by Crippen LogP contribution is -1.87. The van der Waals surface area contributed by atoms with Crippen molar-refractivity contribution >= 4 is 0 Å². The van der Waals surface area contributed by atoms with Gasteiger partial charge in [-0.3, -0.25) is 0 Å². The third kappa shape index (κ3) is 3.10. The summed E-state index contributed by atoms with van der Waals surface area (Å²) in [5.74, 6) is 0. The van der Waals surface area contributed by atoms with Gasteiger partial charge < -0.3 is 0 Å². The van der Waals surface area contributed by atoms with E-state index in [1.165, 1.54) is 27.8 Å². The molecular weight excluding hydrogens is 216 g/mol. The van der Waals surface area contributed by atoms with Gasteiger partial charge in [0.15, 0.2) is 0 Å². The predicted octanol–water partition coefficient (Wildman–Crippen LogP) is 5.03. The van der Waals surface area contributed by atoms with Crippen LogP contribution in [0.25, 0.3) is 11.1 Å². The normalized spacial score (nSPS) is 10.3. The number of allylic oxidation sites excluding steroid dienone is 1. The highest BCUT2D eigenvalue weighted by molar-refractivity contribution is 5.64. The van der Waals surface area contributed by atoms with Gasteiger partial charge in [-0.05, 0) is 42.0 Å². The number of aryl methyl sites for hydroxylation is 1. The first-order valence-corrected chi connectivity index (χ1v) is 6.51. The maximum absolute atomic E-state index is 3.98. The van der Waals surface area contributed by atoms with Gasteiger partial charge in [0, 0.05) is 0 Å². The average molecular weight is 236 g/mol. The van der Waals surface area contributed by atoms with Crippen LogP contribution >= 0.6 is 0 Å². The number of rotatable bonds is 4. The highest BCUT2D eigenvalue weighted by atomic mass is 14.0. The Kier molecular flexibility index (Phi) is 3.99. The highest BCUT2D eigenvalue weighted by Crippen LogP contribution is 2.22. The number of hydrogen-bond donors (Lipinski definition) is 0. The molecule has 0 radical (unpaired) electrons. The van der Waals surface area contributed by atoms with Crippen molar-refractivity contribution < 1.29 is 0 Å². The fraction of sp³-hybridized carbons (Fsp3) is 0.222. The van der Waals surface area contributed by atoms with Gasteiger partial charge in [-0.25, -0.2) is 0 Å². The summed E-state index contributed by atoms with van der Waals surface area (Å²) in [6.07, 6.45) is 2.05. The van der Waals surface area contributed by atoms with Crippen LogP contribution in [-0.4, -0.2) is 0 Å². The Bertz CT molecular complexity index is 532. The Morgan fingerprint density at radius 3 is 2.28 bits per heavy atom. The predicted molar refractivity (Wildman–Crippen MR) is 79.8 cm³/mol. The fourth-order valence-electron chi connectivity index (χ4n) is 2.14. The monoisotopic (exact) mass is 236 g/mol. The van der Waals surface area contributed by atoms with E-state index in [0.29, 0.717) is 0 Å². The fourth-order valence-corrected chi connectivity index (χ4v) is 2.14. The molecule has 92 valence electrons. The summed E-state index contributed by atoms with van der Waals surface area (Å²) in [6, 6.07) is 17.6. The van der Waals surface area contributed by atoms with Crippen LogP contribution in [0.2, 0.25) is 0 Å². The van der Waals surface area contributed by atoms with Gasteiger partial charge in [0.25, 0.3) is 0 Å². The molecule has 0 aromatic heterocycles. The van der Waals surface area contributed by atoms with Crippen LogP contribution in [-0.2, 0) is 12.8 Å². The lowest BCUT2D eigenvalue weighted by molar-refractivity contribution is 1.14. The van der Waals surface area contributed by atoms with Crippen molar-refractivity contribution in [1.82, 2.24) is 0 Å². The molecular formula is C18H20. The molecule has 0 unspecified atom stereocenters. The summed E-state index contributed by atoms with van der Waals surface area (Å²) in [5.41, 5.74) is 6.50. The molecule has 0 bridgehead atoms. The van der Waals surface area contributed by atoms with Crippen LogP contribution in [0.4, 0.5) is 0 Å². The van der Waals surface area contributed by atoms with E-state index in [1.807, 2.05) is 0 Å². The highest BCUT2D eigenvalue weighted by Gasteiger charge is 2.00. The van der Waals surface area contributed by atoms with Crippen LogP contribution in [0.5, 0.6) is 0 Å². The van der Waals surface area contributed by atoms with Gasteiger partial charge in [0.05, 0.1) is 0 Å². The molecule has 0 saturated carbocycles. The molecule has 0 spiro atoms. The molecule has 0 fully saturated rings. The van der Waals surface area contributed by atoms with Crippen LogP contribution in [0.3, 0.4) is 0 Å². The average Bonchev–Trinajstić information content (AvgIpc) is 2.38. The molecule has 18 heavy (non-hydrogen) atoms. The summed E-state index contributed by atoms with van der Waals surface area (Å²) in [4.78, 5) is 0. The summed E-state index contributed by atoms with van der Waals surface area (Å²) < 4.78 is 0. The Hall–Kier alpha value is -1.82. The zero-order valence-corrected chi connectivity index (χ0v) is 11.2. The van der Waals surface area contributed by atoms with Gasteiger partial charge in [-0.15, -0.1) is 0 Å². The second-order valence-corrected chi connectivity index (χ2v) is 4.88. The maximum atomic E-state index is 3.98. The van der Waals surface area contributed by atoms with Crippen LogP contribution < -0.4 is 0 Å². The zero-order chi connectivity index (χ0) is 13.0. The Balaban J connectivity index is 2.29. The topological polar surface area (TPSA) is 0 Å². The Morgan fingerprint density at radius 2 is 1.67 bits per heavy atom. The minimum atomic E-state index is 0.959. The molecule has 0 atom stereocenters. The van der Waals surface area contributed by atoms with Crippen molar-refractivity contribution in [2.75, 3.05) is 0 Å². The number of benzene rings is 2. The first-order valence-electron chi connectivity index (χ1n) is 6.51. The molecule has 2 aromatic rings. The van der Waals surface area contributed by atoms with Gasteiger partial charge >= 0.3 is 0 Å². The maximum Gasteiger partial charge on any atom is -0.00724 e. The van der Waals surface area contributed by atoms with Gasteiger partial charge in [-0.1, -0.05) is 67.6 Å². The molecule has 0 amide bonds. The third-order valence-corrected chi connectivity index (χ3v) is 3.13. The van der Waals surface area contributed by atoms with E-state index in [4.69, 9.17) is 0 Å². The second-order valence-electron chi connectivity index (χ2n) is 4.88. The molecule has 0 aliphatic rings. The molecule has 0 saturated heterocycles. The molecule has 0 heteroatoms. The van der Waals surface area contributed by atoms with Crippen molar-refractivity contribution in [3.63, 3.8) is 0 Å². The minimum Gasteiger partial charge on any atom is -0.0998 e. The molecule has 0 nitrogen and oxygen atoms in total. The van der Waals surface area contributed by atoms with E-state index in [1.54, 1.807) is 0 Å². The van der Waals surface area contributed by atoms with Crippen LogP contribution in [0, 0.1) is 0 Å². The number of hydrogen-bond acceptors (Lipinski definition) is 0. The van der Waals surface area contributed by atoms with Crippen molar-refractivity contribution in [1.29, 1.82) is 0 Å². The molecule has 0 N–H and O–H groups in total. The first-order chi connectivity index (χ1) is 8.69. The van der Waals surface area contributed by atoms with Crippen molar-refractivity contribution in [3.05, 3.63) is 71.8 Å².